The van der Waals surface area contributed by atoms with Gasteiger partial charge in [0.15, 0.2) is 0 Å². The summed E-state index contributed by atoms with van der Waals surface area (Å²) in [6, 6.07) is 3.98. The summed E-state index contributed by atoms with van der Waals surface area (Å²) in [5.74, 6) is 0.342. The van der Waals surface area contributed by atoms with E-state index in [2.05, 4.69) is 20.3 Å². The molecule has 6 heteroatoms. The molecule has 0 bridgehead atoms. The van der Waals surface area contributed by atoms with Crippen LogP contribution >= 0.6 is 0 Å². The Balaban J connectivity index is 1.55. The molecular weight excluding hydrogens is 304 g/mol. The van der Waals surface area contributed by atoms with Gasteiger partial charge >= 0.3 is 0 Å². The molecule has 1 aliphatic rings. The van der Waals surface area contributed by atoms with Gasteiger partial charge in [-0.3, -0.25) is 19.7 Å². The molecule has 3 rings (SSSR count). The number of pyridine rings is 1. The minimum atomic E-state index is -0.230. The van der Waals surface area contributed by atoms with Crippen molar-refractivity contribution < 1.29 is 9.90 Å². The van der Waals surface area contributed by atoms with Crippen molar-refractivity contribution in [2.45, 2.75) is 44.2 Å². The maximum absolute atomic E-state index is 12.3. The SMILES string of the molecule is O=C(CCc1cnccn1)N[C@@H](Cc1ccncc1)C1CC(O)C1. The van der Waals surface area contributed by atoms with Crippen LogP contribution in [0.25, 0.3) is 0 Å². The van der Waals surface area contributed by atoms with Crippen molar-refractivity contribution >= 4 is 5.91 Å². The van der Waals surface area contributed by atoms with E-state index in [4.69, 9.17) is 0 Å². The lowest BCUT2D eigenvalue weighted by Gasteiger charge is -2.38. The third kappa shape index (κ3) is 4.58. The third-order valence-electron chi connectivity index (χ3n) is 4.49. The van der Waals surface area contributed by atoms with Crippen LogP contribution in [-0.4, -0.2) is 38.1 Å². The van der Waals surface area contributed by atoms with Gasteiger partial charge in [-0.15, -0.1) is 0 Å². The molecule has 6 nitrogen and oxygen atoms in total. The minimum absolute atomic E-state index is 0.0149. The zero-order valence-corrected chi connectivity index (χ0v) is 13.5. The van der Waals surface area contributed by atoms with Gasteiger partial charge in [-0.1, -0.05) is 0 Å². The van der Waals surface area contributed by atoms with E-state index in [0.717, 1.165) is 30.5 Å². The summed E-state index contributed by atoms with van der Waals surface area (Å²) in [4.78, 5) is 24.5. The molecule has 24 heavy (non-hydrogen) atoms. The average molecular weight is 326 g/mol. The molecule has 0 spiro atoms. The number of aryl methyl sites for hydroxylation is 1. The third-order valence-corrected chi connectivity index (χ3v) is 4.49. The standard InChI is InChI=1S/C18H22N4O2/c23-16-10-14(11-16)17(9-13-3-5-19-6-4-13)22-18(24)2-1-15-12-20-7-8-21-15/h3-8,12,14,16-17,23H,1-2,9-11H2,(H,22,24)/t14?,16?,17-/m0/s1. The molecule has 0 aromatic carbocycles. The molecule has 0 radical (unpaired) electrons. The van der Waals surface area contributed by atoms with Crippen LogP contribution in [0.3, 0.4) is 0 Å². The molecule has 2 aromatic heterocycles. The van der Waals surface area contributed by atoms with Crippen molar-refractivity contribution in [3.05, 3.63) is 54.4 Å². The molecule has 1 aliphatic carbocycles. The lowest BCUT2D eigenvalue weighted by atomic mass is 9.75. The quantitative estimate of drug-likeness (QED) is 0.801. The second-order valence-corrected chi connectivity index (χ2v) is 6.32. The van der Waals surface area contributed by atoms with E-state index in [0.29, 0.717) is 18.8 Å². The molecule has 0 saturated heterocycles. The summed E-state index contributed by atoms with van der Waals surface area (Å²) in [6.45, 7) is 0. The van der Waals surface area contributed by atoms with Gasteiger partial charge in [-0.2, -0.15) is 0 Å². The summed E-state index contributed by atoms with van der Waals surface area (Å²) >= 11 is 0. The van der Waals surface area contributed by atoms with Crippen molar-refractivity contribution in [3.63, 3.8) is 0 Å². The first-order chi connectivity index (χ1) is 11.7. The largest absolute Gasteiger partial charge is 0.393 e. The Morgan fingerprint density at radius 1 is 1.21 bits per heavy atom. The minimum Gasteiger partial charge on any atom is -0.393 e. The van der Waals surface area contributed by atoms with Gasteiger partial charge in [0.2, 0.25) is 5.91 Å². The van der Waals surface area contributed by atoms with E-state index in [-0.39, 0.29) is 18.1 Å². The van der Waals surface area contributed by atoms with Gasteiger partial charge in [-0.05, 0) is 49.3 Å². The number of aromatic nitrogens is 3. The van der Waals surface area contributed by atoms with Gasteiger partial charge in [-0.25, -0.2) is 0 Å². The molecule has 0 aliphatic heterocycles. The first kappa shape index (κ1) is 16.5. The summed E-state index contributed by atoms with van der Waals surface area (Å²) in [6.07, 6.45) is 11.5. The molecule has 1 fully saturated rings. The molecule has 1 atom stereocenters. The Labute approximate surface area is 141 Å². The highest BCUT2D eigenvalue weighted by Gasteiger charge is 2.34. The van der Waals surface area contributed by atoms with Crippen molar-refractivity contribution in [2.75, 3.05) is 0 Å². The van der Waals surface area contributed by atoms with E-state index < -0.39 is 0 Å². The number of aliphatic hydroxyl groups excluding tert-OH is 1. The van der Waals surface area contributed by atoms with Gasteiger partial charge in [0, 0.05) is 43.4 Å². The van der Waals surface area contributed by atoms with Crippen LogP contribution in [0.1, 0.15) is 30.5 Å². The molecule has 126 valence electrons. The Kier molecular flexibility index (Phi) is 5.48. The topological polar surface area (TPSA) is 88.0 Å². The van der Waals surface area contributed by atoms with Crippen LogP contribution in [0, 0.1) is 5.92 Å². The Morgan fingerprint density at radius 2 is 2.00 bits per heavy atom. The predicted octanol–water partition coefficient (Wildman–Crippen LogP) is 1.30. The number of hydrogen-bond donors (Lipinski definition) is 2. The number of nitrogens with zero attached hydrogens (tertiary/aromatic N) is 3. The maximum Gasteiger partial charge on any atom is 0.220 e. The zero-order chi connectivity index (χ0) is 16.8. The van der Waals surface area contributed by atoms with Crippen molar-refractivity contribution in [1.82, 2.24) is 20.3 Å². The lowest BCUT2D eigenvalue weighted by Crippen LogP contribution is -2.48. The van der Waals surface area contributed by atoms with E-state index in [1.807, 2.05) is 12.1 Å². The second kappa shape index (κ2) is 7.97. The number of rotatable bonds is 7. The summed E-state index contributed by atoms with van der Waals surface area (Å²) in [7, 11) is 0. The van der Waals surface area contributed by atoms with Gasteiger partial charge in [0.05, 0.1) is 11.8 Å². The molecule has 2 heterocycles. The number of aliphatic hydroxyl groups is 1. The monoisotopic (exact) mass is 326 g/mol. The predicted molar refractivity (Wildman–Crippen MR) is 89.0 cm³/mol. The fraction of sp³-hybridized carbons (Fsp3) is 0.444. The second-order valence-electron chi connectivity index (χ2n) is 6.32. The number of amides is 1. The van der Waals surface area contributed by atoms with Gasteiger partial charge < -0.3 is 10.4 Å². The van der Waals surface area contributed by atoms with Crippen LogP contribution in [0.5, 0.6) is 0 Å². The fourth-order valence-electron chi connectivity index (χ4n) is 3.05. The summed E-state index contributed by atoms with van der Waals surface area (Å²) in [5, 5.41) is 12.7. The van der Waals surface area contributed by atoms with E-state index in [1.165, 1.54) is 0 Å². The van der Waals surface area contributed by atoms with Gasteiger partial charge in [0.25, 0.3) is 0 Å². The van der Waals surface area contributed by atoms with E-state index in [1.54, 1.807) is 31.0 Å². The van der Waals surface area contributed by atoms with E-state index in [9.17, 15) is 9.90 Å². The van der Waals surface area contributed by atoms with Crippen molar-refractivity contribution in [3.8, 4) is 0 Å². The Bertz CT molecular complexity index is 645. The van der Waals surface area contributed by atoms with E-state index >= 15 is 0 Å². The van der Waals surface area contributed by atoms with Crippen LogP contribution in [-0.2, 0) is 17.6 Å². The molecule has 2 aromatic rings. The average Bonchev–Trinajstić information content (AvgIpc) is 2.58. The van der Waals surface area contributed by atoms with Crippen LogP contribution in [0.4, 0.5) is 0 Å². The number of carbonyl (C=O) groups is 1. The van der Waals surface area contributed by atoms with Crippen molar-refractivity contribution in [1.29, 1.82) is 0 Å². The molecular formula is C18H22N4O2. The van der Waals surface area contributed by atoms with Crippen LogP contribution in [0.15, 0.2) is 43.1 Å². The zero-order valence-electron chi connectivity index (χ0n) is 13.5. The normalized spacial score (nSPS) is 20.9. The number of nitrogens with one attached hydrogen (secondary N) is 1. The molecule has 2 N–H and O–H groups in total. The maximum atomic E-state index is 12.3. The van der Waals surface area contributed by atoms with Gasteiger partial charge in [0.1, 0.15) is 0 Å². The first-order valence-electron chi connectivity index (χ1n) is 8.32. The Hall–Kier alpha value is -2.34. The lowest BCUT2D eigenvalue weighted by molar-refractivity contribution is -0.122. The smallest absolute Gasteiger partial charge is 0.220 e. The molecule has 1 saturated carbocycles. The highest BCUT2D eigenvalue weighted by atomic mass is 16.3. The highest BCUT2D eigenvalue weighted by molar-refractivity contribution is 5.76. The molecule has 1 amide bonds. The van der Waals surface area contributed by atoms with Crippen LogP contribution in [0.2, 0.25) is 0 Å². The van der Waals surface area contributed by atoms with Crippen molar-refractivity contribution in [2.24, 2.45) is 5.92 Å². The number of carbonyl (C=O) groups excluding carboxylic acids is 1. The number of hydrogen-bond acceptors (Lipinski definition) is 5. The van der Waals surface area contributed by atoms with Crippen LogP contribution < -0.4 is 5.32 Å². The molecule has 0 unspecified atom stereocenters. The summed E-state index contributed by atoms with van der Waals surface area (Å²) < 4.78 is 0. The fourth-order valence-corrected chi connectivity index (χ4v) is 3.05. The highest BCUT2D eigenvalue weighted by Crippen LogP contribution is 2.31. The first-order valence-corrected chi connectivity index (χ1v) is 8.32. The Morgan fingerprint density at radius 3 is 2.67 bits per heavy atom. The summed E-state index contributed by atoms with van der Waals surface area (Å²) in [5.41, 5.74) is 1.96.